The van der Waals surface area contributed by atoms with Gasteiger partial charge in [0, 0.05) is 6.42 Å². The molecule has 1 amide bonds. The molecule has 0 heterocycles. The van der Waals surface area contributed by atoms with Crippen LogP contribution >= 0.6 is 0 Å². The van der Waals surface area contributed by atoms with Crippen molar-refractivity contribution < 1.29 is 29.0 Å². The summed E-state index contributed by atoms with van der Waals surface area (Å²) in [5, 5.41) is 11.2. The molecule has 0 bridgehead atoms. The Morgan fingerprint density at radius 1 is 1.47 bits per heavy atom. The van der Waals surface area contributed by atoms with Gasteiger partial charge in [-0.1, -0.05) is 0 Å². The SMILES string of the molecule is [N-]=[N+]=CC(=O)CCC(NC(=O)COC1CC1)C(=O)O. The lowest BCUT2D eigenvalue weighted by atomic mass is 10.1. The first kappa shape index (κ1) is 15.0. The number of nitrogens with zero attached hydrogens (tertiary/aromatic N) is 2. The second kappa shape index (κ2) is 7.40. The Hall–Kier alpha value is -2.05. The van der Waals surface area contributed by atoms with Crippen LogP contribution in [0.2, 0.25) is 0 Å². The molecule has 1 atom stereocenters. The van der Waals surface area contributed by atoms with Crippen molar-refractivity contribution in [3.63, 3.8) is 0 Å². The molecule has 0 aromatic heterocycles. The molecule has 1 aliphatic rings. The molecule has 104 valence electrons. The van der Waals surface area contributed by atoms with Gasteiger partial charge in [0.2, 0.25) is 11.7 Å². The molecule has 1 aliphatic carbocycles. The van der Waals surface area contributed by atoms with Crippen molar-refractivity contribution in [1.82, 2.24) is 5.32 Å². The number of Topliss-reactive ketones (excluding diaryl/α,β-unsaturated/α-hetero) is 1. The van der Waals surface area contributed by atoms with Crippen LogP contribution in [0.5, 0.6) is 0 Å². The van der Waals surface area contributed by atoms with Gasteiger partial charge in [-0.15, -0.1) is 0 Å². The standard InChI is InChI=1S/C11H15N3O5/c12-13-5-7(15)1-4-9(11(17)18)14-10(16)6-19-8-2-3-8/h5,8-9H,1-4,6H2,(H,14,16)(H,17,18). The molecule has 0 aromatic carbocycles. The monoisotopic (exact) mass is 269 g/mol. The minimum Gasteiger partial charge on any atom is -0.480 e. The van der Waals surface area contributed by atoms with Gasteiger partial charge in [0.15, 0.2) is 0 Å². The molecule has 1 unspecified atom stereocenters. The summed E-state index contributed by atoms with van der Waals surface area (Å²) < 4.78 is 5.13. The van der Waals surface area contributed by atoms with E-state index in [1.165, 1.54) is 0 Å². The summed E-state index contributed by atoms with van der Waals surface area (Å²) in [5.41, 5.74) is 8.13. The lowest BCUT2D eigenvalue weighted by Gasteiger charge is -2.13. The van der Waals surface area contributed by atoms with Gasteiger partial charge < -0.3 is 20.7 Å². The molecule has 1 saturated carbocycles. The van der Waals surface area contributed by atoms with Gasteiger partial charge in [-0.25, -0.2) is 4.79 Å². The van der Waals surface area contributed by atoms with Gasteiger partial charge in [0.1, 0.15) is 12.6 Å². The summed E-state index contributed by atoms with van der Waals surface area (Å²) in [6.07, 6.45) is 2.43. The fraction of sp³-hybridized carbons (Fsp3) is 0.636. The van der Waals surface area contributed by atoms with Gasteiger partial charge in [-0.2, -0.15) is 4.79 Å². The van der Waals surface area contributed by atoms with Crippen molar-refractivity contribution in [3.05, 3.63) is 5.53 Å². The summed E-state index contributed by atoms with van der Waals surface area (Å²) >= 11 is 0. The van der Waals surface area contributed by atoms with Crippen LogP contribution in [-0.2, 0) is 19.1 Å². The predicted octanol–water partition coefficient (Wildman–Crippen LogP) is -0.615. The molecular weight excluding hydrogens is 254 g/mol. The van der Waals surface area contributed by atoms with Crippen LogP contribution in [0.15, 0.2) is 0 Å². The maximum absolute atomic E-state index is 11.4. The first-order chi connectivity index (χ1) is 9.02. The van der Waals surface area contributed by atoms with E-state index in [1.807, 2.05) is 0 Å². The van der Waals surface area contributed by atoms with Gasteiger partial charge >= 0.3 is 12.2 Å². The molecule has 0 aromatic rings. The first-order valence-corrected chi connectivity index (χ1v) is 5.87. The van der Waals surface area contributed by atoms with Crippen LogP contribution in [0, 0.1) is 0 Å². The Morgan fingerprint density at radius 3 is 2.68 bits per heavy atom. The third kappa shape index (κ3) is 6.44. The molecule has 1 rings (SSSR count). The van der Waals surface area contributed by atoms with E-state index in [2.05, 4.69) is 10.1 Å². The third-order valence-electron chi connectivity index (χ3n) is 2.49. The van der Waals surface area contributed by atoms with Crippen LogP contribution < -0.4 is 5.32 Å². The van der Waals surface area contributed by atoms with Gasteiger partial charge in [0.05, 0.1) is 6.10 Å². The normalized spacial score (nSPS) is 15.2. The third-order valence-corrected chi connectivity index (χ3v) is 2.49. The topological polar surface area (TPSA) is 129 Å². The number of hydrogen-bond donors (Lipinski definition) is 2. The van der Waals surface area contributed by atoms with Crippen molar-refractivity contribution in [2.24, 2.45) is 0 Å². The molecule has 8 nitrogen and oxygen atoms in total. The maximum Gasteiger partial charge on any atom is 0.326 e. The Morgan fingerprint density at radius 2 is 2.16 bits per heavy atom. The van der Waals surface area contributed by atoms with Crippen molar-refractivity contribution in [1.29, 1.82) is 0 Å². The maximum atomic E-state index is 11.4. The van der Waals surface area contributed by atoms with Crippen LogP contribution in [0.1, 0.15) is 25.7 Å². The first-order valence-electron chi connectivity index (χ1n) is 5.87. The van der Waals surface area contributed by atoms with Gasteiger partial charge in [-0.3, -0.25) is 9.59 Å². The highest BCUT2D eigenvalue weighted by molar-refractivity contribution is 6.25. The van der Waals surface area contributed by atoms with Gasteiger partial charge in [0.25, 0.3) is 0 Å². The van der Waals surface area contributed by atoms with E-state index >= 15 is 0 Å². The molecule has 0 radical (unpaired) electrons. The van der Waals surface area contributed by atoms with E-state index in [-0.39, 0.29) is 25.6 Å². The van der Waals surface area contributed by atoms with Crippen molar-refractivity contribution in [2.45, 2.75) is 37.8 Å². The van der Waals surface area contributed by atoms with E-state index < -0.39 is 23.7 Å². The number of amides is 1. The number of nitrogens with one attached hydrogen (secondary N) is 1. The molecule has 2 N–H and O–H groups in total. The number of ether oxygens (including phenoxy) is 1. The second-order valence-electron chi connectivity index (χ2n) is 4.22. The van der Waals surface area contributed by atoms with Crippen LogP contribution in [-0.4, -0.2) is 52.5 Å². The molecule has 1 fully saturated rings. The summed E-state index contributed by atoms with van der Waals surface area (Å²) in [4.78, 5) is 35.9. The number of carboxylic acids is 1. The zero-order valence-electron chi connectivity index (χ0n) is 10.2. The largest absolute Gasteiger partial charge is 0.480 e. The highest BCUT2D eigenvalue weighted by atomic mass is 16.5. The Kier molecular flexibility index (Phi) is 5.84. The quantitative estimate of drug-likeness (QED) is 0.327. The predicted molar refractivity (Wildman–Crippen MR) is 62.5 cm³/mol. The zero-order chi connectivity index (χ0) is 14.3. The number of hydrogen-bond acceptors (Lipinski definition) is 4. The van der Waals surface area contributed by atoms with E-state index in [0.29, 0.717) is 6.21 Å². The number of ketones is 1. The average Bonchev–Trinajstić information content (AvgIpc) is 3.15. The molecule has 19 heavy (non-hydrogen) atoms. The van der Waals surface area contributed by atoms with E-state index in [4.69, 9.17) is 15.4 Å². The molecule has 8 heteroatoms. The van der Waals surface area contributed by atoms with Crippen molar-refractivity contribution in [3.8, 4) is 0 Å². The van der Waals surface area contributed by atoms with Gasteiger partial charge in [-0.05, 0) is 19.3 Å². The second-order valence-corrected chi connectivity index (χ2v) is 4.22. The smallest absolute Gasteiger partial charge is 0.326 e. The number of aliphatic carboxylic acids is 1. The minimum absolute atomic E-state index is 0.0741. The summed E-state index contributed by atoms with van der Waals surface area (Å²) in [6.45, 7) is -0.180. The lowest BCUT2D eigenvalue weighted by molar-refractivity contribution is -0.143. The minimum atomic E-state index is -1.23. The average molecular weight is 269 g/mol. The van der Waals surface area contributed by atoms with Crippen molar-refractivity contribution >= 4 is 23.9 Å². The number of carboxylic acid groups (broad SMARTS) is 1. The highest BCUT2D eigenvalue weighted by Gasteiger charge is 2.25. The number of rotatable bonds is 9. The Labute approximate surface area is 109 Å². The zero-order valence-corrected chi connectivity index (χ0v) is 10.2. The summed E-state index contributed by atoms with van der Waals surface area (Å²) in [6, 6.07) is -1.16. The molecule has 0 spiro atoms. The summed E-state index contributed by atoms with van der Waals surface area (Å²) in [5.74, 6) is -2.27. The molecule has 0 saturated heterocycles. The number of carbonyl (C=O) groups is 3. The fourth-order valence-corrected chi connectivity index (χ4v) is 1.34. The molecular formula is C11H15N3O5. The van der Waals surface area contributed by atoms with Crippen LogP contribution in [0.4, 0.5) is 0 Å². The van der Waals surface area contributed by atoms with E-state index in [0.717, 1.165) is 12.8 Å². The lowest BCUT2D eigenvalue weighted by Crippen LogP contribution is -2.42. The highest BCUT2D eigenvalue weighted by Crippen LogP contribution is 2.22. The van der Waals surface area contributed by atoms with E-state index in [9.17, 15) is 14.4 Å². The Balaban J connectivity index is 2.33. The Bertz CT molecular complexity index is 413. The van der Waals surface area contributed by atoms with E-state index in [1.54, 1.807) is 0 Å². The summed E-state index contributed by atoms with van der Waals surface area (Å²) in [7, 11) is 0. The van der Waals surface area contributed by atoms with Crippen LogP contribution in [0.3, 0.4) is 0 Å². The fourth-order valence-electron chi connectivity index (χ4n) is 1.34. The van der Waals surface area contributed by atoms with Crippen molar-refractivity contribution in [2.75, 3.05) is 6.61 Å². The molecule has 0 aliphatic heterocycles. The van der Waals surface area contributed by atoms with Crippen LogP contribution in [0.25, 0.3) is 5.53 Å². The number of carbonyl (C=O) groups excluding carboxylic acids is 2.